The van der Waals surface area contributed by atoms with E-state index in [1.807, 2.05) is 0 Å². The number of carbonyl (C=O) groups excluding carboxylic acids is 1. The zero-order valence-electron chi connectivity index (χ0n) is 8.47. The van der Waals surface area contributed by atoms with Gasteiger partial charge in [-0.3, -0.25) is 0 Å². The molecule has 1 aliphatic rings. The molecule has 1 atom stereocenters. The summed E-state index contributed by atoms with van der Waals surface area (Å²) in [5.41, 5.74) is 1.03. The lowest BCUT2D eigenvalue weighted by Crippen LogP contribution is -2.08. The Morgan fingerprint density at radius 2 is 2.47 bits per heavy atom. The van der Waals surface area contributed by atoms with Crippen molar-refractivity contribution in [2.45, 2.75) is 18.9 Å². The second kappa shape index (κ2) is 4.35. The summed E-state index contributed by atoms with van der Waals surface area (Å²) in [6.07, 6.45) is 3.33. The number of esters is 1. The molecule has 0 unspecified atom stereocenters. The molecular weight excluding hydrogens is 196 g/mol. The van der Waals surface area contributed by atoms with E-state index in [0.717, 1.165) is 25.1 Å². The zero-order chi connectivity index (χ0) is 10.7. The van der Waals surface area contributed by atoms with Crippen molar-refractivity contribution in [3.05, 3.63) is 23.8 Å². The highest BCUT2D eigenvalue weighted by atomic mass is 16.5. The molecule has 1 aromatic heterocycles. The van der Waals surface area contributed by atoms with Crippen molar-refractivity contribution in [1.82, 2.24) is 9.97 Å². The summed E-state index contributed by atoms with van der Waals surface area (Å²) in [5, 5.41) is 0. The molecule has 0 aliphatic carbocycles. The molecule has 0 saturated carbocycles. The predicted molar refractivity (Wildman–Crippen MR) is 51.3 cm³/mol. The van der Waals surface area contributed by atoms with Crippen LogP contribution in [0, 0.1) is 0 Å². The number of carbonyl (C=O) groups is 1. The summed E-state index contributed by atoms with van der Waals surface area (Å²) >= 11 is 0. The third-order valence-electron chi connectivity index (χ3n) is 2.34. The first-order valence-electron chi connectivity index (χ1n) is 4.83. The van der Waals surface area contributed by atoms with Gasteiger partial charge in [-0.15, -0.1) is 0 Å². The van der Waals surface area contributed by atoms with Crippen molar-refractivity contribution in [2.75, 3.05) is 13.7 Å². The number of methoxy groups -OCH3 is 1. The van der Waals surface area contributed by atoms with Crippen molar-refractivity contribution in [1.29, 1.82) is 0 Å². The van der Waals surface area contributed by atoms with E-state index in [4.69, 9.17) is 4.74 Å². The lowest BCUT2D eigenvalue weighted by molar-refractivity contribution is 0.0592. The predicted octanol–water partition coefficient (Wildman–Crippen LogP) is 1.11. The van der Waals surface area contributed by atoms with Crippen molar-refractivity contribution in [3.8, 4) is 0 Å². The van der Waals surface area contributed by atoms with Crippen LogP contribution in [0.1, 0.15) is 35.1 Å². The molecular formula is C10H12N2O3. The Morgan fingerprint density at radius 3 is 3.13 bits per heavy atom. The molecule has 2 rings (SSSR count). The van der Waals surface area contributed by atoms with E-state index < -0.39 is 5.97 Å². The lowest BCUT2D eigenvalue weighted by atomic mass is 10.1. The van der Waals surface area contributed by atoms with Crippen LogP contribution in [0.15, 0.2) is 12.4 Å². The maximum atomic E-state index is 11.2. The van der Waals surface area contributed by atoms with Gasteiger partial charge in [0.05, 0.1) is 18.9 Å². The minimum Gasteiger partial charge on any atom is -0.464 e. The van der Waals surface area contributed by atoms with Crippen LogP contribution in [0.3, 0.4) is 0 Å². The second-order valence-corrected chi connectivity index (χ2v) is 3.32. The summed E-state index contributed by atoms with van der Waals surface area (Å²) in [6, 6.07) is 1.63. The van der Waals surface area contributed by atoms with Crippen molar-refractivity contribution in [2.24, 2.45) is 0 Å². The Hall–Kier alpha value is -1.49. The third-order valence-corrected chi connectivity index (χ3v) is 2.34. The number of nitrogens with zero attached hydrogens (tertiary/aromatic N) is 2. The zero-order valence-corrected chi connectivity index (χ0v) is 8.47. The molecule has 1 fully saturated rings. The van der Waals surface area contributed by atoms with Gasteiger partial charge in [-0.1, -0.05) is 0 Å². The molecule has 5 nitrogen and oxygen atoms in total. The molecule has 0 bridgehead atoms. The summed E-state index contributed by atoms with van der Waals surface area (Å²) in [4.78, 5) is 19.2. The van der Waals surface area contributed by atoms with Crippen LogP contribution in [0.5, 0.6) is 0 Å². The fourth-order valence-corrected chi connectivity index (χ4v) is 1.58. The molecule has 0 amide bonds. The topological polar surface area (TPSA) is 61.3 Å². The number of rotatable bonds is 2. The van der Waals surface area contributed by atoms with Crippen LogP contribution in [-0.4, -0.2) is 29.7 Å². The van der Waals surface area contributed by atoms with E-state index in [-0.39, 0.29) is 11.8 Å². The maximum Gasteiger partial charge on any atom is 0.356 e. The average molecular weight is 208 g/mol. The van der Waals surface area contributed by atoms with Crippen LogP contribution < -0.4 is 0 Å². The Morgan fingerprint density at radius 1 is 1.60 bits per heavy atom. The normalized spacial score (nSPS) is 20.2. The standard InChI is InChI=1S/C10H12N2O3/c1-14-10(13)8-5-7(11-6-12-8)9-3-2-4-15-9/h5-6,9H,2-4H2,1H3/t9-/m0/s1. The molecule has 1 aromatic rings. The van der Waals surface area contributed by atoms with E-state index in [1.165, 1.54) is 13.4 Å². The highest BCUT2D eigenvalue weighted by Crippen LogP contribution is 2.26. The van der Waals surface area contributed by atoms with Gasteiger partial charge in [-0.05, 0) is 18.9 Å². The van der Waals surface area contributed by atoms with Crippen molar-refractivity contribution >= 4 is 5.97 Å². The molecule has 2 heterocycles. The molecule has 5 heteroatoms. The number of ether oxygens (including phenoxy) is 2. The number of hydrogen-bond acceptors (Lipinski definition) is 5. The van der Waals surface area contributed by atoms with E-state index in [9.17, 15) is 4.79 Å². The van der Waals surface area contributed by atoms with Gasteiger partial charge in [0, 0.05) is 6.61 Å². The molecule has 0 aromatic carbocycles. The van der Waals surface area contributed by atoms with Gasteiger partial charge < -0.3 is 9.47 Å². The third kappa shape index (κ3) is 2.12. The van der Waals surface area contributed by atoms with Gasteiger partial charge in [0.15, 0.2) is 5.69 Å². The summed E-state index contributed by atoms with van der Waals surface area (Å²) < 4.78 is 10.0. The number of aromatic nitrogens is 2. The van der Waals surface area contributed by atoms with Gasteiger partial charge in [0.2, 0.25) is 0 Å². The van der Waals surface area contributed by atoms with E-state index in [2.05, 4.69) is 14.7 Å². The first kappa shape index (κ1) is 10.0. The Bertz CT molecular complexity index is 361. The van der Waals surface area contributed by atoms with Gasteiger partial charge in [-0.25, -0.2) is 14.8 Å². The molecule has 1 aliphatic heterocycles. The second-order valence-electron chi connectivity index (χ2n) is 3.32. The molecule has 0 spiro atoms. The van der Waals surface area contributed by atoms with E-state index >= 15 is 0 Å². The maximum absolute atomic E-state index is 11.2. The molecule has 15 heavy (non-hydrogen) atoms. The SMILES string of the molecule is COC(=O)c1cc([C@@H]2CCCO2)ncn1. The molecule has 0 N–H and O–H groups in total. The number of hydrogen-bond donors (Lipinski definition) is 0. The smallest absolute Gasteiger partial charge is 0.356 e. The van der Waals surface area contributed by atoms with Crippen LogP contribution in [0.2, 0.25) is 0 Å². The van der Waals surface area contributed by atoms with Gasteiger partial charge in [0.25, 0.3) is 0 Å². The Kier molecular flexibility index (Phi) is 2.91. The van der Waals surface area contributed by atoms with Crippen LogP contribution >= 0.6 is 0 Å². The largest absolute Gasteiger partial charge is 0.464 e. The summed E-state index contributed by atoms with van der Waals surface area (Å²) in [6.45, 7) is 0.752. The van der Waals surface area contributed by atoms with Crippen LogP contribution in [-0.2, 0) is 9.47 Å². The molecule has 0 radical (unpaired) electrons. The highest BCUT2D eigenvalue weighted by molar-refractivity contribution is 5.87. The van der Waals surface area contributed by atoms with Crippen molar-refractivity contribution < 1.29 is 14.3 Å². The van der Waals surface area contributed by atoms with Gasteiger partial charge in [0.1, 0.15) is 6.33 Å². The van der Waals surface area contributed by atoms with Gasteiger partial charge >= 0.3 is 5.97 Å². The molecule has 80 valence electrons. The highest BCUT2D eigenvalue weighted by Gasteiger charge is 2.20. The Balaban J connectivity index is 2.21. The average Bonchev–Trinajstić information content (AvgIpc) is 2.82. The fraction of sp³-hybridized carbons (Fsp3) is 0.500. The molecule has 1 saturated heterocycles. The lowest BCUT2D eigenvalue weighted by Gasteiger charge is -2.08. The fourth-order valence-electron chi connectivity index (χ4n) is 1.58. The van der Waals surface area contributed by atoms with Gasteiger partial charge in [-0.2, -0.15) is 0 Å². The Labute approximate surface area is 87.4 Å². The minimum atomic E-state index is -0.448. The van der Waals surface area contributed by atoms with E-state index in [1.54, 1.807) is 6.07 Å². The minimum absolute atomic E-state index is 0.00333. The first-order chi connectivity index (χ1) is 7.31. The summed E-state index contributed by atoms with van der Waals surface area (Å²) in [5.74, 6) is -0.448. The quantitative estimate of drug-likeness (QED) is 0.681. The summed E-state index contributed by atoms with van der Waals surface area (Å²) in [7, 11) is 1.33. The van der Waals surface area contributed by atoms with E-state index in [0.29, 0.717) is 0 Å². The van der Waals surface area contributed by atoms with Crippen LogP contribution in [0.25, 0.3) is 0 Å². The monoisotopic (exact) mass is 208 g/mol. The first-order valence-corrected chi connectivity index (χ1v) is 4.83. The van der Waals surface area contributed by atoms with Crippen molar-refractivity contribution in [3.63, 3.8) is 0 Å². The van der Waals surface area contributed by atoms with Crippen LogP contribution in [0.4, 0.5) is 0 Å².